The summed E-state index contributed by atoms with van der Waals surface area (Å²) in [5.74, 6) is 1.24. The number of rotatable bonds is 1. The van der Waals surface area contributed by atoms with Gasteiger partial charge in [0.05, 0.1) is 18.7 Å². The quantitative estimate of drug-likeness (QED) is 0.788. The van der Waals surface area contributed by atoms with E-state index in [1.54, 1.807) is 0 Å². The van der Waals surface area contributed by atoms with Crippen molar-refractivity contribution in [1.82, 2.24) is 9.97 Å². The number of nitrogens with two attached hydrogens (primary N) is 1. The van der Waals surface area contributed by atoms with Gasteiger partial charge in [-0.15, -0.1) is 0 Å². The van der Waals surface area contributed by atoms with E-state index in [0.29, 0.717) is 5.95 Å². The Kier molecular flexibility index (Phi) is 3.21. The van der Waals surface area contributed by atoms with Crippen LogP contribution in [0.2, 0.25) is 0 Å². The van der Waals surface area contributed by atoms with Crippen molar-refractivity contribution >= 4 is 45.3 Å². The molecular weight excluding hydrogens is 343 g/mol. The first-order valence-corrected chi connectivity index (χ1v) is 6.87. The largest absolute Gasteiger partial charge is 0.378 e. The number of benzene rings is 1. The van der Waals surface area contributed by atoms with E-state index >= 15 is 0 Å². The van der Waals surface area contributed by atoms with Crippen LogP contribution in [0.1, 0.15) is 0 Å². The van der Waals surface area contributed by atoms with E-state index in [4.69, 9.17) is 10.5 Å². The third-order valence-corrected chi connectivity index (χ3v) is 3.64. The fourth-order valence-electron chi connectivity index (χ4n) is 2.12. The van der Waals surface area contributed by atoms with Crippen molar-refractivity contribution in [3.05, 3.63) is 21.8 Å². The number of ether oxygens (including phenoxy) is 1. The molecule has 0 aliphatic carbocycles. The molecule has 0 unspecified atom stereocenters. The van der Waals surface area contributed by atoms with Crippen LogP contribution >= 0.6 is 22.6 Å². The minimum absolute atomic E-state index is 0.325. The van der Waals surface area contributed by atoms with Gasteiger partial charge in [-0.3, -0.25) is 0 Å². The van der Waals surface area contributed by atoms with Crippen LogP contribution in [0.4, 0.5) is 11.8 Å². The van der Waals surface area contributed by atoms with Crippen molar-refractivity contribution in [2.75, 3.05) is 36.9 Å². The first kappa shape index (κ1) is 11.9. The van der Waals surface area contributed by atoms with E-state index in [2.05, 4.69) is 49.6 Å². The standard InChI is InChI=1S/C12H13IN4O/c13-8-1-2-9-10(7-8)15-12(14)16-11(9)17-3-5-18-6-4-17/h1-2,7H,3-6H2,(H2,14,15,16). The number of halogens is 1. The van der Waals surface area contributed by atoms with Crippen molar-refractivity contribution in [1.29, 1.82) is 0 Å². The molecule has 6 heteroatoms. The van der Waals surface area contributed by atoms with Crippen LogP contribution in [0.25, 0.3) is 10.9 Å². The van der Waals surface area contributed by atoms with Crippen molar-refractivity contribution < 1.29 is 4.74 Å². The second kappa shape index (κ2) is 4.85. The number of nitrogen functional groups attached to an aromatic ring is 1. The van der Waals surface area contributed by atoms with Crippen molar-refractivity contribution in [3.63, 3.8) is 0 Å². The van der Waals surface area contributed by atoms with Gasteiger partial charge in [-0.05, 0) is 40.8 Å². The summed E-state index contributed by atoms with van der Waals surface area (Å²) >= 11 is 2.27. The molecule has 2 N–H and O–H groups in total. The Morgan fingerprint density at radius 1 is 1.22 bits per heavy atom. The zero-order valence-electron chi connectivity index (χ0n) is 9.77. The number of fused-ring (bicyclic) bond motifs is 1. The van der Waals surface area contributed by atoms with Gasteiger partial charge in [-0.2, -0.15) is 4.98 Å². The molecule has 0 amide bonds. The summed E-state index contributed by atoms with van der Waals surface area (Å²) in [5.41, 5.74) is 6.70. The Labute approximate surface area is 118 Å². The highest BCUT2D eigenvalue weighted by Gasteiger charge is 2.16. The van der Waals surface area contributed by atoms with Crippen molar-refractivity contribution in [2.45, 2.75) is 0 Å². The van der Waals surface area contributed by atoms with Gasteiger partial charge in [0.25, 0.3) is 0 Å². The van der Waals surface area contributed by atoms with E-state index in [1.807, 2.05) is 6.07 Å². The summed E-state index contributed by atoms with van der Waals surface area (Å²) in [6, 6.07) is 6.14. The highest BCUT2D eigenvalue weighted by molar-refractivity contribution is 14.1. The number of anilines is 2. The lowest BCUT2D eigenvalue weighted by atomic mass is 10.2. The number of nitrogens with zero attached hydrogens (tertiary/aromatic N) is 3. The molecule has 1 aliphatic heterocycles. The first-order chi connectivity index (χ1) is 8.74. The lowest BCUT2D eigenvalue weighted by Crippen LogP contribution is -2.37. The number of hydrogen-bond donors (Lipinski definition) is 1. The Morgan fingerprint density at radius 3 is 2.78 bits per heavy atom. The molecule has 2 aromatic rings. The van der Waals surface area contributed by atoms with Gasteiger partial charge >= 0.3 is 0 Å². The van der Waals surface area contributed by atoms with E-state index in [0.717, 1.165) is 46.6 Å². The van der Waals surface area contributed by atoms with Gasteiger partial charge in [0.15, 0.2) is 0 Å². The van der Waals surface area contributed by atoms with Gasteiger partial charge in [0, 0.05) is 22.0 Å². The zero-order chi connectivity index (χ0) is 12.5. The molecule has 18 heavy (non-hydrogen) atoms. The molecular formula is C12H13IN4O. The minimum Gasteiger partial charge on any atom is -0.378 e. The molecule has 2 heterocycles. The smallest absolute Gasteiger partial charge is 0.222 e. The van der Waals surface area contributed by atoms with E-state index in [9.17, 15) is 0 Å². The predicted molar refractivity (Wildman–Crippen MR) is 79.7 cm³/mol. The van der Waals surface area contributed by atoms with Crippen LogP contribution in [-0.2, 0) is 4.74 Å². The van der Waals surface area contributed by atoms with E-state index in [1.165, 1.54) is 0 Å². The molecule has 3 rings (SSSR count). The summed E-state index contributed by atoms with van der Waals surface area (Å²) in [7, 11) is 0. The molecule has 0 spiro atoms. The molecule has 1 saturated heterocycles. The van der Waals surface area contributed by atoms with Gasteiger partial charge < -0.3 is 15.4 Å². The van der Waals surface area contributed by atoms with Crippen LogP contribution in [0.15, 0.2) is 18.2 Å². The van der Waals surface area contributed by atoms with Crippen LogP contribution in [-0.4, -0.2) is 36.3 Å². The van der Waals surface area contributed by atoms with Gasteiger partial charge in [-0.1, -0.05) is 0 Å². The minimum atomic E-state index is 0.325. The van der Waals surface area contributed by atoms with Crippen LogP contribution in [0.3, 0.4) is 0 Å². The second-order valence-corrected chi connectivity index (χ2v) is 5.41. The highest BCUT2D eigenvalue weighted by Crippen LogP contribution is 2.26. The Balaban J connectivity index is 2.14. The average molecular weight is 356 g/mol. The number of aromatic nitrogens is 2. The molecule has 0 radical (unpaired) electrons. The molecule has 0 bridgehead atoms. The highest BCUT2D eigenvalue weighted by atomic mass is 127. The lowest BCUT2D eigenvalue weighted by molar-refractivity contribution is 0.122. The summed E-state index contributed by atoms with van der Waals surface area (Å²) in [5, 5.41) is 1.05. The molecule has 0 saturated carbocycles. The fraction of sp³-hybridized carbons (Fsp3) is 0.333. The monoisotopic (exact) mass is 356 g/mol. The second-order valence-electron chi connectivity index (χ2n) is 4.17. The third-order valence-electron chi connectivity index (χ3n) is 2.97. The summed E-state index contributed by atoms with van der Waals surface area (Å²) in [6.07, 6.45) is 0. The zero-order valence-corrected chi connectivity index (χ0v) is 11.9. The number of hydrogen-bond acceptors (Lipinski definition) is 5. The fourth-order valence-corrected chi connectivity index (χ4v) is 2.59. The van der Waals surface area contributed by atoms with Crippen LogP contribution in [0, 0.1) is 3.57 Å². The Morgan fingerprint density at radius 2 is 2.00 bits per heavy atom. The summed E-state index contributed by atoms with van der Waals surface area (Å²) < 4.78 is 6.51. The summed E-state index contributed by atoms with van der Waals surface area (Å²) in [4.78, 5) is 10.9. The lowest BCUT2D eigenvalue weighted by Gasteiger charge is -2.28. The molecule has 5 nitrogen and oxygen atoms in total. The van der Waals surface area contributed by atoms with Gasteiger partial charge in [0.1, 0.15) is 5.82 Å². The van der Waals surface area contributed by atoms with E-state index < -0.39 is 0 Å². The van der Waals surface area contributed by atoms with Crippen LogP contribution in [0.5, 0.6) is 0 Å². The molecule has 0 atom stereocenters. The van der Waals surface area contributed by atoms with Gasteiger partial charge in [0.2, 0.25) is 5.95 Å². The van der Waals surface area contributed by atoms with Crippen molar-refractivity contribution in [2.24, 2.45) is 0 Å². The molecule has 94 valence electrons. The topological polar surface area (TPSA) is 64.3 Å². The maximum atomic E-state index is 5.80. The molecule has 1 aromatic carbocycles. The average Bonchev–Trinajstić information content (AvgIpc) is 2.38. The molecule has 1 fully saturated rings. The molecule has 1 aromatic heterocycles. The van der Waals surface area contributed by atoms with Gasteiger partial charge in [-0.25, -0.2) is 4.98 Å². The normalized spacial score (nSPS) is 16.2. The molecule has 1 aliphatic rings. The predicted octanol–water partition coefficient (Wildman–Crippen LogP) is 1.65. The first-order valence-electron chi connectivity index (χ1n) is 5.79. The third kappa shape index (κ3) is 2.22. The van der Waals surface area contributed by atoms with E-state index in [-0.39, 0.29) is 0 Å². The summed E-state index contributed by atoms with van der Waals surface area (Å²) in [6.45, 7) is 3.15. The maximum Gasteiger partial charge on any atom is 0.222 e. The van der Waals surface area contributed by atoms with Crippen molar-refractivity contribution in [3.8, 4) is 0 Å². The number of morpholine rings is 1. The maximum absolute atomic E-state index is 5.80. The SMILES string of the molecule is Nc1nc(N2CCOCC2)c2ccc(I)cc2n1. The Bertz CT molecular complexity index is 578. The Hall–Kier alpha value is -1.15. The van der Waals surface area contributed by atoms with Crippen LogP contribution < -0.4 is 10.6 Å².